The van der Waals surface area contributed by atoms with Crippen LogP contribution in [-0.2, 0) is 86.4 Å². The number of carboxylic acid groups (broad SMARTS) is 1. The fourth-order valence-corrected chi connectivity index (χ4v) is 15.2. The highest BCUT2D eigenvalue weighted by Gasteiger charge is 2.42. The zero-order chi connectivity index (χ0) is 104. The molecule has 0 radical (unpaired) electrons. The van der Waals surface area contributed by atoms with Gasteiger partial charge in [-0.1, -0.05) is 66.7 Å². The number of likely N-dealkylation sites (tertiary alicyclic amines) is 1. The molecular weight excluding hydrogens is 1830 g/mol. The second-order valence-electron chi connectivity index (χ2n) is 34.2. The van der Waals surface area contributed by atoms with Gasteiger partial charge in [-0.05, 0) is 207 Å². The maximum absolute atomic E-state index is 15.4. The van der Waals surface area contributed by atoms with E-state index < -0.39 is 185 Å². The Hall–Kier alpha value is -15.2. The summed E-state index contributed by atoms with van der Waals surface area (Å²) in [5.74, 6) is -15.3. The number of aromatic hydroxyl groups is 2. The molecule has 0 saturated carbocycles. The maximum atomic E-state index is 15.4. The van der Waals surface area contributed by atoms with Crippen LogP contribution in [-0.4, -0.2) is 282 Å². The van der Waals surface area contributed by atoms with E-state index in [0.29, 0.717) is 36.0 Å². The molecule has 1 aliphatic heterocycles. The second kappa shape index (κ2) is 61.9. The van der Waals surface area contributed by atoms with Crippen LogP contribution in [0.1, 0.15) is 159 Å². The Kier molecular flexibility index (Phi) is 51.1. The molecule has 14 atom stereocenters. The van der Waals surface area contributed by atoms with Crippen molar-refractivity contribution in [3.05, 3.63) is 108 Å². The fraction of sp³-hybridized carbons (Fsp3) is 0.533. The third-order valence-electron chi connectivity index (χ3n) is 22.8. The van der Waals surface area contributed by atoms with Gasteiger partial charge in [0.15, 0.2) is 29.8 Å². The minimum absolute atomic E-state index is 0.00939. The second-order valence-corrected chi connectivity index (χ2v) is 34.2. The smallest absolute Gasteiger partial charge is 0.326 e. The van der Waals surface area contributed by atoms with Gasteiger partial charge in [-0.25, -0.2) is 9.59 Å². The lowest BCUT2D eigenvalue weighted by Gasteiger charge is -2.31. The van der Waals surface area contributed by atoms with E-state index in [4.69, 9.17) is 78.6 Å². The summed E-state index contributed by atoms with van der Waals surface area (Å²) in [6, 6.07) is 2.53. The summed E-state index contributed by atoms with van der Waals surface area (Å²) in [5.41, 5.74) is 52.3. The Morgan fingerprint density at radius 1 is 0.348 bits per heavy atom. The molecule has 1 aliphatic rings. The third-order valence-corrected chi connectivity index (χ3v) is 22.8. The summed E-state index contributed by atoms with van der Waals surface area (Å²) < 4.78 is 0. The van der Waals surface area contributed by atoms with Gasteiger partial charge < -0.3 is 168 Å². The minimum Gasteiger partial charge on any atom is -0.508 e. The molecule has 0 aliphatic carbocycles. The first-order valence-corrected chi connectivity index (χ1v) is 46.9. The summed E-state index contributed by atoms with van der Waals surface area (Å²) in [5, 5.41) is 117. The molecule has 0 bridgehead atoms. The van der Waals surface area contributed by atoms with Crippen LogP contribution in [0.3, 0.4) is 0 Å². The molecule has 44 N–H and O–H groups in total. The van der Waals surface area contributed by atoms with E-state index in [1.807, 2.05) is 30.3 Å². The van der Waals surface area contributed by atoms with Crippen molar-refractivity contribution < 1.29 is 87.2 Å². The lowest BCUT2D eigenvalue weighted by molar-refractivity contribution is -0.142. The van der Waals surface area contributed by atoms with Crippen LogP contribution in [0.25, 0.3) is 10.8 Å². The molecule has 0 spiro atoms. The van der Waals surface area contributed by atoms with Gasteiger partial charge in [-0.2, -0.15) is 0 Å². The number of unbranched alkanes of at least 4 members (excludes halogenated alkanes) is 2. The van der Waals surface area contributed by atoms with E-state index in [-0.39, 0.29) is 217 Å². The molecule has 0 aromatic heterocycles. The Morgan fingerprint density at radius 3 is 1.05 bits per heavy atom. The number of phenols is 2. The summed E-state index contributed by atoms with van der Waals surface area (Å²) in [4.78, 5) is 216. The Morgan fingerprint density at radius 2 is 0.652 bits per heavy atom. The van der Waals surface area contributed by atoms with Crippen molar-refractivity contribution >= 4 is 129 Å². The summed E-state index contributed by atoms with van der Waals surface area (Å²) in [7, 11) is 0. The zero-order valence-electron chi connectivity index (χ0n) is 79.5. The molecule has 141 heavy (non-hydrogen) atoms. The first-order valence-electron chi connectivity index (χ1n) is 46.9. The van der Waals surface area contributed by atoms with Gasteiger partial charge >= 0.3 is 12.0 Å². The summed E-state index contributed by atoms with van der Waals surface area (Å²) >= 11 is 0. The monoisotopic (exact) mass is 1970 g/mol. The average molecular weight is 1980 g/mol. The number of urea groups is 1. The van der Waals surface area contributed by atoms with Crippen molar-refractivity contribution in [1.82, 2.24) is 101 Å². The Bertz CT molecular complexity index is 4880. The first-order chi connectivity index (χ1) is 67.1. The number of nitrogens with two attached hydrogens (primary N) is 9. The topological polar surface area (TPSA) is 890 Å². The number of phenolic OH excluding ortho intramolecular Hbond substituents is 2. The minimum atomic E-state index is -1.60. The average Bonchev–Trinajstić information content (AvgIpc) is 1.35. The zero-order valence-corrected chi connectivity index (χ0v) is 79.5. The predicted octanol–water partition coefficient (Wildman–Crippen LogP) is -6.44. The van der Waals surface area contributed by atoms with E-state index in [9.17, 15) is 58.5 Å². The van der Waals surface area contributed by atoms with Crippen LogP contribution in [0, 0.1) is 27.0 Å². The van der Waals surface area contributed by atoms with Crippen molar-refractivity contribution in [2.75, 3.05) is 58.9 Å². The highest BCUT2D eigenvalue weighted by Crippen LogP contribution is 2.24. The highest BCUT2D eigenvalue weighted by atomic mass is 16.4. The molecule has 51 nitrogen and oxygen atoms in total. The molecular formula is C90H143N33O18. The largest absolute Gasteiger partial charge is 0.508 e. The normalized spacial score (nSPS) is 14.8. The number of carbonyl (C=O) groups is 15. The standard InChI is InChI=1S/C90H143N33O18/c1-50(71(126)119-66(84(139)140)25-14-43-109-89(102)103)111-74(129)61(24-13-44-110-90(104)141)115-76(131)64(23-12-42-108-88(100)101)117-81(136)68(48-53-30-35-58(125)36-31-53)122-82(137)70-26-15-45-123(70)83(138)65(20-6-8-38-92)118-77(132)60(19-5-7-37-91)114-75(130)63(22-11-41-107-87(98)99)116-80(135)67(47-52-28-33-57(124)34-29-52)120-72(127)51(2)112-79(134)69(49-54-27-32-55-16-3-4-17-56(55)46-54)121-78(133)62(21-10-40-106-86(96)97)113-73(128)59(93)18-9-39-105-85(94)95/h3-4,16-17,27-36,46,50-51,59-70,124-125H,5-15,18-26,37-45,47-49,91-93H2,1-2H3,(H,111,129)(H,112,134)(H,113,128)(H,114,130)(H,115,131)(H,116,135)(H,117,136)(H,118,132)(H,119,126)(H,120,127)(H,121,133)(H,122,137)(H,139,140)(H4,94,95,105)(H4,96,97,106)(H4,98,99,107)(H4,100,101,108)(H4,102,103,109)(H3,104,110,141)/t50-,51-,59-,60-,61-,62-,63-,64-,65+,66-,67-,68-,69-,70-/m0/s1. The van der Waals surface area contributed by atoms with Gasteiger partial charge in [-0.15, -0.1) is 0 Å². The molecule has 776 valence electrons. The molecule has 15 amide bonds. The molecule has 5 rings (SSSR count). The van der Waals surface area contributed by atoms with E-state index in [1.54, 1.807) is 12.1 Å². The van der Waals surface area contributed by atoms with E-state index in [0.717, 1.165) is 10.8 Å². The van der Waals surface area contributed by atoms with Crippen LogP contribution in [0.5, 0.6) is 11.5 Å². The number of nitrogens with one attached hydrogen (secondary N) is 23. The van der Waals surface area contributed by atoms with E-state index in [2.05, 4.69) is 95.7 Å². The van der Waals surface area contributed by atoms with Crippen molar-refractivity contribution in [2.45, 2.75) is 246 Å². The summed E-state index contributed by atoms with van der Waals surface area (Å²) in [6.07, 6.45) is 0.322. The van der Waals surface area contributed by atoms with E-state index in [1.165, 1.54) is 67.3 Å². The number of nitrogens with zero attached hydrogens (tertiary/aromatic N) is 1. The van der Waals surface area contributed by atoms with Crippen molar-refractivity contribution in [2.24, 2.45) is 51.6 Å². The van der Waals surface area contributed by atoms with Crippen LogP contribution in [0.4, 0.5) is 4.79 Å². The summed E-state index contributed by atoms with van der Waals surface area (Å²) in [6.45, 7) is 3.06. The predicted molar refractivity (Wildman–Crippen MR) is 525 cm³/mol. The number of benzene rings is 4. The van der Waals surface area contributed by atoms with Gasteiger partial charge in [-0.3, -0.25) is 89.4 Å². The quantitative estimate of drug-likeness (QED) is 0.0111. The molecule has 51 heteroatoms. The number of rotatable bonds is 64. The van der Waals surface area contributed by atoms with Gasteiger partial charge in [0.1, 0.15) is 90.0 Å². The number of carbonyl (C=O) groups excluding carboxylic acids is 14. The van der Waals surface area contributed by atoms with Gasteiger partial charge in [0, 0.05) is 65.1 Å². The maximum Gasteiger partial charge on any atom is 0.326 e. The SMILES string of the molecule is C[C@H](NC(=O)[C@H](CCCNC(N)=O)NC(=O)[C@H](CCCNC(=N)N)NC(=O)[C@H](Cc1ccc(O)cc1)NC(=O)[C@@H]1CCCN1C(=O)[C@@H](CCCCN)NC(=O)[C@H](CCCCN)NC(=O)[C@H](CCCNC(=N)N)NC(=O)[C@H](Cc1ccc(O)cc1)NC(=O)[C@H](C)NC(=O)[C@H](Cc1ccc2ccccc2c1)NC(=O)[C@H](CCCNC(=N)N)NC(=O)[C@@H](N)CCCNC(=N)N)C(=O)N[C@@H](CCCNC(=N)N)C(=O)O. The molecule has 1 fully saturated rings. The van der Waals surface area contributed by atoms with Gasteiger partial charge in [0.25, 0.3) is 0 Å². The van der Waals surface area contributed by atoms with Crippen molar-refractivity contribution in [3.63, 3.8) is 0 Å². The molecule has 0 unspecified atom stereocenters. The molecule has 4 aromatic carbocycles. The first kappa shape index (κ1) is 116. The van der Waals surface area contributed by atoms with Crippen LogP contribution >= 0.6 is 0 Å². The van der Waals surface area contributed by atoms with Crippen LogP contribution in [0.15, 0.2) is 91.0 Å². The van der Waals surface area contributed by atoms with E-state index >= 15 is 28.8 Å². The Balaban J connectivity index is 1.45. The van der Waals surface area contributed by atoms with Crippen molar-refractivity contribution in [3.8, 4) is 11.5 Å². The van der Waals surface area contributed by atoms with Gasteiger partial charge in [0.05, 0.1) is 6.04 Å². The van der Waals surface area contributed by atoms with Crippen LogP contribution < -0.4 is 147 Å². The number of carboxylic acids is 1. The fourth-order valence-electron chi connectivity index (χ4n) is 15.2. The Labute approximate surface area is 816 Å². The number of hydrogen-bond donors (Lipinski definition) is 35. The number of aliphatic carboxylic acids is 1. The van der Waals surface area contributed by atoms with Crippen LogP contribution in [0.2, 0.25) is 0 Å². The molecule has 1 heterocycles. The lowest BCUT2D eigenvalue weighted by atomic mass is 10.00. The number of fused-ring (bicyclic) bond motifs is 1. The third kappa shape index (κ3) is 44.0. The number of amides is 15. The lowest BCUT2D eigenvalue weighted by Crippen LogP contribution is -2.61. The van der Waals surface area contributed by atoms with Gasteiger partial charge in [0.2, 0.25) is 76.8 Å². The number of primary amides is 1. The molecule has 1 saturated heterocycles. The molecule has 4 aromatic rings. The number of guanidine groups is 5. The van der Waals surface area contributed by atoms with Crippen molar-refractivity contribution in [1.29, 1.82) is 27.0 Å². The highest BCUT2D eigenvalue weighted by molar-refractivity contribution is 6.01. The number of hydrogen-bond acceptors (Lipinski definition) is 25.